The van der Waals surface area contributed by atoms with E-state index in [9.17, 15) is 19.8 Å². The van der Waals surface area contributed by atoms with Crippen LogP contribution >= 0.6 is 0 Å². The molecule has 0 spiro atoms. The number of aliphatic hydroxyl groups is 2. The van der Waals surface area contributed by atoms with Crippen LogP contribution in [0.2, 0.25) is 0 Å². The smallest absolute Gasteiger partial charge is 0.305 e. The Labute approximate surface area is 443 Å². The number of allylic oxidation sites excluding steroid dienone is 4. The van der Waals surface area contributed by atoms with Crippen molar-refractivity contribution in [3.63, 3.8) is 0 Å². The molecule has 1 amide bonds. The average Bonchev–Trinajstić information content (AvgIpc) is 3.37. The van der Waals surface area contributed by atoms with Crippen molar-refractivity contribution in [1.29, 1.82) is 0 Å². The summed E-state index contributed by atoms with van der Waals surface area (Å²) in [5.74, 6) is -0.123. The Morgan fingerprint density at radius 2 is 0.718 bits per heavy atom. The number of aliphatic hydroxyl groups excluding tert-OH is 2. The van der Waals surface area contributed by atoms with Gasteiger partial charge in [-0.3, -0.25) is 9.59 Å². The van der Waals surface area contributed by atoms with E-state index >= 15 is 0 Å². The number of hydrogen-bond donors (Lipinski definition) is 3. The first-order valence-corrected chi connectivity index (χ1v) is 32.1. The number of carbonyl (C=O) groups is 2. The number of rotatable bonds is 60. The van der Waals surface area contributed by atoms with Crippen molar-refractivity contribution in [1.82, 2.24) is 5.32 Å². The summed E-state index contributed by atoms with van der Waals surface area (Å²) >= 11 is 0. The molecule has 0 saturated heterocycles. The van der Waals surface area contributed by atoms with Crippen molar-refractivity contribution >= 4 is 11.9 Å². The van der Waals surface area contributed by atoms with Gasteiger partial charge >= 0.3 is 5.97 Å². The lowest BCUT2D eigenvalue weighted by molar-refractivity contribution is -0.143. The predicted molar refractivity (Wildman–Crippen MR) is 310 cm³/mol. The molecule has 0 aliphatic carbocycles. The van der Waals surface area contributed by atoms with Crippen LogP contribution < -0.4 is 5.32 Å². The van der Waals surface area contributed by atoms with E-state index in [1.165, 1.54) is 263 Å². The zero-order chi connectivity index (χ0) is 51.4. The number of unbranched alkanes of at least 4 members (excludes halogenated alkanes) is 45. The van der Waals surface area contributed by atoms with Gasteiger partial charge in [-0.1, -0.05) is 321 Å². The molecule has 6 heteroatoms. The molecular weight excluding hydrogens is 875 g/mol. The number of nitrogens with one attached hydrogen (secondary N) is 1. The van der Waals surface area contributed by atoms with E-state index in [4.69, 9.17) is 4.74 Å². The number of esters is 1. The summed E-state index contributed by atoms with van der Waals surface area (Å²) in [5, 5.41) is 23.3. The Kier molecular flexibility index (Phi) is 59.5. The predicted octanol–water partition coefficient (Wildman–Crippen LogP) is 20.2. The standard InChI is InChI=1S/C65H125NO5/c1-3-5-7-9-11-13-15-17-19-21-23-24-25-26-27-28-30-33-37-41-45-49-53-57-63(68)62(61-67)66-64(69)58-54-50-46-42-38-34-32-36-40-44-48-52-56-60-71-65(70)59-55-51-47-43-39-35-31-29-22-20-18-16-14-12-10-8-6-4-2/h34,38,46,50,62-63,67-68H,3-33,35-37,39-45,47-49,51-61H2,1-2H3,(H,66,69)/b38-34-,50-46-. The minimum absolute atomic E-state index is 0.0116. The van der Waals surface area contributed by atoms with Crippen LogP contribution in [0.3, 0.4) is 0 Å². The Morgan fingerprint density at radius 1 is 0.394 bits per heavy atom. The zero-order valence-electron chi connectivity index (χ0n) is 48.0. The molecule has 0 heterocycles. The fourth-order valence-electron chi connectivity index (χ4n) is 10.1. The topological polar surface area (TPSA) is 95.9 Å². The van der Waals surface area contributed by atoms with Crippen LogP contribution in [-0.4, -0.2) is 47.4 Å². The second-order valence-corrected chi connectivity index (χ2v) is 22.1. The molecule has 0 aromatic carbocycles. The third-order valence-electron chi connectivity index (χ3n) is 15.0. The first-order chi connectivity index (χ1) is 35.0. The Bertz CT molecular complexity index is 1110. The van der Waals surface area contributed by atoms with Gasteiger partial charge < -0.3 is 20.3 Å². The highest BCUT2D eigenvalue weighted by molar-refractivity contribution is 5.76. The van der Waals surface area contributed by atoms with Crippen molar-refractivity contribution < 1.29 is 24.5 Å². The van der Waals surface area contributed by atoms with Gasteiger partial charge in [-0.25, -0.2) is 0 Å². The van der Waals surface area contributed by atoms with Gasteiger partial charge in [0, 0.05) is 12.8 Å². The van der Waals surface area contributed by atoms with Gasteiger partial charge in [-0.2, -0.15) is 0 Å². The van der Waals surface area contributed by atoms with Gasteiger partial charge in [-0.15, -0.1) is 0 Å². The number of carbonyl (C=O) groups excluding carboxylic acids is 2. The van der Waals surface area contributed by atoms with Crippen LogP contribution in [0.25, 0.3) is 0 Å². The van der Waals surface area contributed by atoms with Gasteiger partial charge in [0.15, 0.2) is 0 Å². The van der Waals surface area contributed by atoms with E-state index in [0.717, 1.165) is 51.4 Å². The van der Waals surface area contributed by atoms with Gasteiger partial charge in [0.1, 0.15) is 0 Å². The van der Waals surface area contributed by atoms with Crippen LogP contribution in [0.5, 0.6) is 0 Å². The quantitative estimate of drug-likeness (QED) is 0.0320. The first-order valence-electron chi connectivity index (χ1n) is 32.1. The number of amides is 1. The van der Waals surface area contributed by atoms with E-state index in [2.05, 4.69) is 43.5 Å². The van der Waals surface area contributed by atoms with Crippen molar-refractivity contribution in [3.8, 4) is 0 Å². The monoisotopic (exact) mass is 1000 g/mol. The zero-order valence-corrected chi connectivity index (χ0v) is 48.0. The van der Waals surface area contributed by atoms with Crippen molar-refractivity contribution in [3.05, 3.63) is 24.3 Å². The lowest BCUT2D eigenvalue weighted by Crippen LogP contribution is -2.45. The van der Waals surface area contributed by atoms with Gasteiger partial charge in [-0.05, 0) is 44.9 Å². The Balaban J connectivity index is 3.50. The normalized spacial score (nSPS) is 12.7. The highest BCUT2D eigenvalue weighted by Crippen LogP contribution is 2.18. The lowest BCUT2D eigenvalue weighted by Gasteiger charge is -2.22. The van der Waals surface area contributed by atoms with E-state index in [0.29, 0.717) is 32.3 Å². The summed E-state index contributed by atoms with van der Waals surface area (Å²) in [7, 11) is 0. The second-order valence-electron chi connectivity index (χ2n) is 22.1. The molecule has 0 aromatic heterocycles. The first kappa shape index (κ1) is 69.3. The van der Waals surface area contributed by atoms with Crippen LogP contribution in [-0.2, 0) is 14.3 Å². The molecular formula is C65H125NO5. The van der Waals surface area contributed by atoms with Crippen LogP contribution in [0, 0.1) is 0 Å². The summed E-state index contributed by atoms with van der Waals surface area (Å²) in [5.41, 5.74) is 0. The molecule has 0 aromatic rings. The van der Waals surface area contributed by atoms with Gasteiger partial charge in [0.05, 0.1) is 25.4 Å². The third-order valence-corrected chi connectivity index (χ3v) is 15.0. The highest BCUT2D eigenvalue weighted by atomic mass is 16.5. The Morgan fingerprint density at radius 3 is 1.10 bits per heavy atom. The van der Waals surface area contributed by atoms with Crippen LogP contribution in [0.1, 0.15) is 354 Å². The molecule has 0 saturated carbocycles. The van der Waals surface area contributed by atoms with E-state index in [1.54, 1.807) is 0 Å². The van der Waals surface area contributed by atoms with Crippen LogP contribution in [0.4, 0.5) is 0 Å². The molecule has 0 fully saturated rings. The minimum atomic E-state index is -0.700. The molecule has 0 aliphatic rings. The maximum absolute atomic E-state index is 12.5. The molecule has 0 bridgehead atoms. The maximum Gasteiger partial charge on any atom is 0.305 e. The van der Waals surface area contributed by atoms with Gasteiger partial charge in [0.25, 0.3) is 0 Å². The number of ether oxygens (including phenoxy) is 1. The van der Waals surface area contributed by atoms with E-state index < -0.39 is 12.1 Å². The Hall–Kier alpha value is -1.66. The molecule has 6 nitrogen and oxygen atoms in total. The molecule has 0 rings (SSSR count). The number of hydrogen-bond acceptors (Lipinski definition) is 5. The summed E-state index contributed by atoms with van der Waals surface area (Å²) in [4.78, 5) is 24.6. The molecule has 3 N–H and O–H groups in total. The SMILES string of the molecule is CCCCCCCCCCCCCCCCCCCCCCCCCC(O)C(CO)NC(=O)CC/C=C\C/C=C\CCCCCCCCOC(=O)CCCCCCCCCCCCCCCCCCCC. The highest BCUT2D eigenvalue weighted by Gasteiger charge is 2.20. The second kappa shape index (κ2) is 60.9. The van der Waals surface area contributed by atoms with Crippen molar-refractivity contribution in [2.45, 2.75) is 366 Å². The summed E-state index contributed by atoms with van der Waals surface area (Å²) < 4.78 is 5.48. The molecule has 420 valence electrons. The van der Waals surface area contributed by atoms with Crippen LogP contribution in [0.15, 0.2) is 24.3 Å². The third kappa shape index (κ3) is 57.5. The van der Waals surface area contributed by atoms with Crippen molar-refractivity contribution in [2.75, 3.05) is 13.2 Å². The fraction of sp³-hybridized carbons (Fsp3) is 0.908. The summed E-state index contributed by atoms with van der Waals surface area (Å²) in [6.07, 6.45) is 74.9. The average molecular weight is 1000 g/mol. The minimum Gasteiger partial charge on any atom is -0.466 e. The van der Waals surface area contributed by atoms with E-state index in [-0.39, 0.29) is 18.5 Å². The van der Waals surface area contributed by atoms with Crippen molar-refractivity contribution in [2.24, 2.45) is 0 Å². The maximum atomic E-state index is 12.5. The molecule has 71 heavy (non-hydrogen) atoms. The molecule has 0 radical (unpaired) electrons. The largest absolute Gasteiger partial charge is 0.466 e. The fourth-order valence-corrected chi connectivity index (χ4v) is 10.1. The molecule has 2 unspecified atom stereocenters. The summed E-state index contributed by atoms with van der Waals surface area (Å²) in [6.45, 7) is 4.93. The summed E-state index contributed by atoms with van der Waals surface area (Å²) in [6, 6.07) is -0.586. The molecule has 0 aliphatic heterocycles. The van der Waals surface area contributed by atoms with E-state index in [1.807, 2.05) is 0 Å². The molecule has 2 atom stereocenters. The lowest BCUT2D eigenvalue weighted by atomic mass is 10.0. The van der Waals surface area contributed by atoms with Gasteiger partial charge in [0.2, 0.25) is 5.91 Å².